The van der Waals surface area contributed by atoms with Crippen molar-refractivity contribution in [3.63, 3.8) is 0 Å². The third kappa shape index (κ3) is 4.76. The van der Waals surface area contributed by atoms with E-state index in [4.69, 9.17) is 0 Å². The lowest BCUT2D eigenvalue weighted by Gasteiger charge is -2.09. The number of carbonyl (C=O) groups is 1. The fraction of sp³-hybridized carbons (Fsp3) is 0.250. The normalized spacial score (nSPS) is 10.6. The van der Waals surface area contributed by atoms with Crippen molar-refractivity contribution in [2.75, 3.05) is 0 Å². The van der Waals surface area contributed by atoms with Crippen LogP contribution in [0.3, 0.4) is 0 Å². The van der Waals surface area contributed by atoms with Crippen LogP contribution in [-0.2, 0) is 19.5 Å². The van der Waals surface area contributed by atoms with Gasteiger partial charge < -0.3 is 9.88 Å². The SMILES string of the molecule is Cc1ccc(C(=O)NCc2nccn2CCCc2ccccc2)cn1. The van der Waals surface area contributed by atoms with E-state index in [0.717, 1.165) is 30.9 Å². The number of benzene rings is 1. The van der Waals surface area contributed by atoms with Gasteiger partial charge in [0.2, 0.25) is 0 Å². The second-order valence-corrected chi connectivity index (χ2v) is 6.00. The van der Waals surface area contributed by atoms with Gasteiger partial charge in [-0.1, -0.05) is 30.3 Å². The number of nitrogens with one attached hydrogen (secondary N) is 1. The van der Waals surface area contributed by atoms with Crippen LogP contribution in [0.15, 0.2) is 61.1 Å². The largest absolute Gasteiger partial charge is 0.345 e. The van der Waals surface area contributed by atoms with Gasteiger partial charge in [0.1, 0.15) is 5.82 Å². The number of imidazole rings is 1. The first-order valence-corrected chi connectivity index (χ1v) is 8.47. The van der Waals surface area contributed by atoms with Crippen LogP contribution in [0, 0.1) is 6.92 Å². The van der Waals surface area contributed by atoms with Crippen LogP contribution in [0.2, 0.25) is 0 Å². The first-order valence-electron chi connectivity index (χ1n) is 8.47. The minimum absolute atomic E-state index is 0.133. The number of nitrogens with zero attached hydrogens (tertiary/aromatic N) is 3. The van der Waals surface area contributed by atoms with E-state index in [-0.39, 0.29) is 5.91 Å². The molecule has 128 valence electrons. The summed E-state index contributed by atoms with van der Waals surface area (Å²) in [5, 5.41) is 2.91. The van der Waals surface area contributed by atoms with Crippen molar-refractivity contribution < 1.29 is 4.79 Å². The van der Waals surface area contributed by atoms with Crippen molar-refractivity contribution in [1.82, 2.24) is 19.9 Å². The monoisotopic (exact) mass is 334 g/mol. The first kappa shape index (κ1) is 16.9. The Morgan fingerprint density at radius 3 is 2.72 bits per heavy atom. The van der Waals surface area contributed by atoms with Crippen LogP contribution in [-0.4, -0.2) is 20.4 Å². The molecule has 0 saturated heterocycles. The minimum atomic E-state index is -0.133. The number of aryl methyl sites for hydroxylation is 3. The minimum Gasteiger partial charge on any atom is -0.345 e. The van der Waals surface area contributed by atoms with E-state index in [9.17, 15) is 4.79 Å². The standard InChI is InChI=1S/C20H22N4O/c1-16-9-10-18(14-22-16)20(25)23-15-19-21-11-13-24(19)12-5-8-17-6-3-2-4-7-17/h2-4,6-7,9-11,13-14H,5,8,12,15H2,1H3,(H,23,25). The van der Waals surface area contributed by atoms with Crippen LogP contribution in [0.1, 0.15) is 33.9 Å². The number of aromatic nitrogens is 3. The van der Waals surface area contributed by atoms with E-state index in [0.29, 0.717) is 12.1 Å². The number of pyridine rings is 1. The van der Waals surface area contributed by atoms with Crippen LogP contribution in [0.5, 0.6) is 0 Å². The molecule has 1 aromatic carbocycles. The lowest BCUT2D eigenvalue weighted by molar-refractivity contribution is 0.0949. The Bertz CT molecular complexity index is 809. The molecule has 5 heteroatoms. The van der Waals surface area contributed by atoms with Gasteiger partial charge >= 0.3 is 0 Å². The van der Waals surface area contributed by atoms with Gasteiger partial charge in [0.15, 0.2) is 0 Å². The summed E-state index contributed by atoms with van der Waals surface area (Å²) < 4.78 is 2.09. The van der Waals surface area contributed by atoms with Crippen molar-refractivity contribution in [3.8, 4) is 0 Å². The Labute approximate surface area is 147 Å². The van der Waals surface area contributed by atoms with E-state index >= 15 is 0 Å². The molecule has 0 spiro atoms. The molecule has 0 radical (unpaired) electrons. The molecule has 0 aliphatic heterocycles. The highest BCUT2D eigenvalue weighted by Gasteiger charge is 2.08. The zero-order chi connectivity index (χ0) is 17.5. The average molecular weight is 334 g/mol. The van der Waals surface area contributed by atoms with Gasteiger partial charge in [0, 0.05) is 30.8 Å². The summed E-state index contributed by atoms with van der Waals surface area (Å²) in [7, 11) is 0. The molecular weight excluding hydrogens is 312 g/mol. The summed E-state index contributed by atoms with van der Waals surface area (Å²) in [5.74, 6) is 0.729. The van der Waals surface area contributed by atoms with E-state index in [1.54, 1.807) is 18.5 Å². The Morgan fingerprint density at radius 1 is 1.12 bits per heavy atom. The van der Waals surface area contributed by atoms with E-state index < -0.39 is 0 Å². The molecule has 0 aliphatic rings. The highest BCUT2D eigenvalue weighted by molar-refractivity contribution is 5.93. The quantitative estimate of drug-likeness (QED) is 0.722. The van der Waals surface area contributed by atoms with E-state index in [2.05, 4.69) is 44.1 Å². The Kier molecular flexibility index (Phi) is 5.57. The zero-order valence-electron chi connectivity index (χ0n) is 14.4. The first-order chi connectivity index (χ1) is 12.2. The van der Waals surface area contributed by atoms with Gasteiger partial charge in [0.25, 0.3) is 5.91 Å². The number of amides is 1. The van der Waals surface area contributed by atoms with Crippen LogP contribution < -0.4 is 5.32 Å². The summed E-state index contributed by atoms with van der Waals surface area (Å²) in [5.41, 5.74) is 2.79. The molecule has 2 heterocycles. The Balaban J connectivity index is 1.51. The summed E-state index contributed by atoms with van der Waals surface area (Å²) in [6.45, 7) is 3.19. The Morgan fingerprint density at radius 2 is 1.96 bits per heavy atom. The van der Waals surface area contributed by atoms with Gasteiger partial charge in [-0.05, 0) is 37.5 Å². The highest BCUT2D eigenvalue weighted by atomic mass is 16.1. The van der Waals surface area contributed by atoms with Gasteiger partial charge in [0.05, 0.1) is 12.1 Å². The average Bonchev–Trinajstić information content (AvgIpc) is 3.08. The molecule has 1 amide bonds. The van der Waals surface area contributed by atoms with Gasteiger partial charge in [-0.25, -0.2) is 4.98 Å². The van der Waals surface area contributed by atoms with Crippen molar-refractivity contribution >= 4 is 5.91 Å². The molecule has 0 unspecified atom stereocenters. The topological polar surface area (TPSA) is 59.8 Å². The second kappa shape index (κ2) is 8.24. The summed E-state index contributed by atoms with van der Waals surface area (Å²) in [6, 6.07) is 14.1. The number of rotatable bonds is 7. The second-order valence-electron chi connectivity index (χ2n) is 6.00. The molecular formula is C20H22N4O. The maximum atomic E-state index is 12.2. The highest BCUT2D eigenvalue weighted by Crippen LogP contribution is 2.06. The molecule has 0 bridgehead atoms. The molecule has 0 fully saturated rings. The molecule has 5 nitrogen and oxygen atoms in total. The molecule has 0 aliphatic carbocycles. The van der Waals surface area contributed by atoms with Crippen LogP contribution in [0.25, 0.3) is 0 Å². The van der Waals surface area contributed by atoms with Gasteiger partial charge in [-0.2, -0.15) is 0 Å². The predicted molar refractivity (Wildman–Crippen MR) is 97.1 cm³/mol. The maximum absolute atomic E-state index is 12.2. The zero-order valence-corrected chi connectivity index (χ0v) is 14.4. The third-order valence-corrected chi connectivity index (χ3v) is 4.09. The molecule has 0 atom stereocenters. The molecule has 3 rings (SSSR count). The number of hydrogen-bond acceptors (Lipinski definition) is 3. The van der Waals surface area contributed by atoms with E-state index in [1.807, 2.05) is 25.3 Å². The molecule has 25 heavy (non-hydrogen) atoms. The smallest absolute Gasteiger partial charge is 0.253 e. The summed E-state index contributed by atoms with van der Waals surface area (Å²) >= 11 is 0. The van der Waals surface area contributed by atoms with Crippen molar-refractivity contribution in [2.45, 2.75) is 32.9 Å². The molecule has 1 N–H and O–H groups in total. The van der Waals surface area contributed by atoms with Gasteiger partial charge in [-0.15, -0.1) is 0 Å². The van der Waals surface area contributed by atoms with E-state index in [1.165, 1.54) is 5.56 Å². The van der Waals surface area contributed by atoms with Crippen molar-refractivity contribution in [1.29, 1.82) is 0 Å². The summed E-state index contributed by atoms with van der Waals surface area (Å²) in [4.78, 5) is 20.7. The van der Waals surface area contributed by atoms with Crippen LogP contribution in [0.4, 0.5) is 0 Å². The lowest BCUT2D eigenvalue weighted by atomic mass is 10.1. The van der Waals surface area contributed by atoms with Crippen LogP contribution >= 0.6 is 0 Å². The lowest BCUT2D eigenvalue weighted by Crippen LogP contribution is -2.25. The fourth-order valence-electron chi connectivity index (χ4n) is 2.67. The fourth-order valence-corrected chi connectivity index (χ4v) is 2.67. The maximum Gasteiger partial charge on any atom is 0.253 e. The molecule has 3 aromatic rings. The Hall–Kier alpha value is -2.95. The number of hydrogen-bond donors (Lipinski definition) is 1. The van der Waals surface area contributed by atoms with Crippen molar-refractivity contribution in [3.05, 3.63) is 83.7 Å². The van der Waals surface area contributed by atoms with Crippen molar-refractivity contribution in [2.24, 2.45) is 0 Å². The summed E-state index contributed by atoms with van der Waals surface area (Å²) in [6.07, 6.45) is 7.39. The number of carbonyl (C=O) groups excluding carboxylic acids is 1. The molecule has 0 saturated carbocycles. The predicted octanol–water partition coefficient (Wildman–Crippen LogP) is 3.15. The third-order valence-electron chi connectivity index (χ3n) is 4.09. The van der Waals surface area contributed by atoms with Gasteiger partial charge in [-0.3, -0.25) is 9.78 Å². The molecule has 2 aromatic heterocycles.